The predicted octanol–water partition coefficient (Wildman–Crippen LogP) is 1.28. The lowest BCUT2D eigenvalue weighted by atomic mass is 10.1. The van der Waals surface area contributed by atoms with Crippen molar-refractivity contribution >= 4 is 11.7 Å². The van der Waals surface area contributed by atoms with E-state index in [1.807, 2.05) is 6.07 Å². The van der Waals surface area contributed by atoms with Gasteiger partial charge in [0, 0.05) is 13.0 Å². The number of ether oxygens (including phenoxy) is 1. The molecular weight excluding hydrogens is 232 g/mol. The predicted molar refractivity (Wildman–Crippen MR) is 66.9 cm³/mol. The molecule has 0 fully saturated rings. The second kappa shape index (κ2) is 7.30. The minimum Gasteiger partial charge on any atom is -0.469 e. The number of para-hydroxylation sites is 1. The number of rotatable bonds is 6. The van der Waals surface area contributed by atoms with Gasteiger partial charge in [0.1, 0.15) is 6.07 Å². The molecule has 18 heavy (non-hydrogen) atoms. The molecule has 0 radical (unpaired) electrons. The Kier molecular flexibility index (Phi) is 5.68. The Hall–Kier alpha value is -2.06. The van der Waals surface area contributed by atoms with Crippen LogP contribution < -0.4 is 5.32 Å². The molecule has 0 bridgehead atoms. The smallest absolute Gasteiger partial charge is 0.305 e. The van der Waals surface area contributed by atoms with E-state index in [4.69, 9.17) is 5.26 Å². The fourth-order valence-corrected chi connectivity index (χ4v) is 1.45. The summed E-state index contributed by atoms with van der Waals surface area (Å²) in [6.45, 7) is 0.287. The zero-order valence-electron chi connectivity index (χ0n) is 10.2. The molecule has 1 aromatic carbocycles. The van der Waals surface area contributed by atoms with Crippen LogP contribution in [0.1, 0.15) is 18.4 Å². The van der Waals surface area contributed by atoms with Crippen LogP contribution in [-0.4, -0.2) is 30.8 Å². The summed E-state index contributed by atoms with van der Waals surface area (Å²) in [7, 11) is 1.32. The summed E-state index contributed by atoms with van der Waals surface area (Å²) in [5.41, 5.74) is 1.20. The molecule has 0 spiro atoms. The Bertz CT molecular complexity index is 440. The van der Waals surface area contributed by atoms with E-state index in [9.17, 15) is 9.90 Å². The summed E-state index contributed by atoms with van der Waals surface area (Å²) >= 11 is 0. The Morgan fingerprint density at radius 1 is 1.56 bits per heavy atom. The van der Waals surface area contributed by atoms with E-state index in [1.54, 1.807) is 18.2 Å². The highest BCUT2D eigenvalue weighted by atomic mass is 16.5. The van der Waals surface area contributed by atoms with Crippen LogP contribution in [0.3, 0.4) is 0 Å². The molecule has 0 aliphatic heterocycles. The van der Waals surface area contributed by atoms with Gasteiger partial charge in [-0.05, 0) is 18.6 Å². The molecule has 0 heterocycles. The van der Waals surface area contributed by atoms with Crippen LogP contribution in [0.25, 0.3) is 0 Å². The van der Waals surface area contributed by atoms with Crippen molar-refractivity contribution < 1.29 is 14.6 Å². The van der Waals surface area contributed by atoms with Crippen molar-refractivity contribution in [2.24, 2.45) is 0 Å². The van der Waals surface area contributed by atoms with Crippen molar-refractivity contribution in [1.82, 2.24) is 0 Å². The van der Waals surface area contributed by atoms with Crippen molar-refractivity contribution in [1.29, 1.82) is 5.26 Å². The largest absolute Gasteiger partial charge is 0.469 e. The number of nitrogens with one attached hydrogen (secondary N) is 1. The first-order valence-corrected chi connectivity index (χ1v) is 5.65. The summed E-state index contributed by atoms with van der Waals surface area (Å²) in [5.74, 6) is -0.341. The van der Waals surface area contributed by atoms with Crippen molar-refractivity contribution in [3.63, 3.8) is 0 Å². The fraction of sp³-hybridized carbons (Fsp3) is 0.385. The first-order valence-electron chi connectivity index (χ1n) is 5.65. The minimum absolute atomic E-state index is 0.180. The van der Waals surface area contributed by atoms with Gasteiger partial charge in [0.25, 0.3) is 0 Å². The van der Waals surface area contributed by atoms with Gasteiger partial charge in [-0.2, -0.15) is 5.26 Å². The molecule has 0 aromatic heterocycles. The second-order valence-electron chi connectivity index (χ2n) is 3.81. The van der Waals surface area contributed by atoms with E-state index in [-0.39, 0.29) is 18.9 Å². The number of carbonyl (C=O) groups is 1. The van der Waals surface area contributed by atoms with Crippen molar-refractivity contribution in [3.05, 3.63) is 29.8 Å². The number of esters is 1. The van der Waals surface area contributed by atoms with Crippen LogP contribution in [0.4, 0.5) is 5.69 Å². The lowest BCUT2D eigenvalue weighted by Gasteiger charge is -2.12. The number of hydrogen-bond donors (Lipinski definition) is 2. The first-order chi connectivity index (χ1) is 8.67. The van der Waals surface area contributed by atoms with Gasteiger partial charge in [-0.1, -0.05) is 12.1 Å². The van der Waals surface area contributed by atoms with Crippen molar-refractivity contribution in [2.75, 3.05) is 19.0 Å². The maximum atomic E-state index is 10.9. The normalized spacial score (nSPS) is 11.4. The zero-order chi connectivity index (χ0) is 13.4. The third-order valence-corrected chi connectivity index (χ3v) is 2.49. The average Bonchev–Trinajstić information content (AvgIpc) is 2.42. The van der Waals surface area contributed by atoms with Gasteiger partial charge in [-0.3, -0.25) is 4.79 Å². The summed E-state index contributed by atoms with van der Waals surface area (Å²) in [6.07, 6.45) is -0.149. The maximum absolute atomic E-state index is 10.9. The standard InChI is InChI=1S/C13H16N2O3/c1-18-13(17)7-6-11(16)9-15-12-5-3-2-4-10(12)8-14/h2-5,11,15-16H,6-7,9H2,1H3. The number of benzene rings is 1. The number of carbonyl (C=O) groups excluding carboxylic acids is 1. The molecule has 0 aliphatic carbocycles. The Morgan fingerprint density at radius 2 is 2.28 bits per heavy atom. The van der Waals surface area contributed by atoms with Crippen LogP contribution in [0.5, 0.6) is 0 Å². The lowest BCUT2D eigenvalue weighted by molar-refractivity contribution is -0.141. The lowest BCUT2D eigenvalue weighted by Crippen LogP contribution is -2.21. The number of nitriles is 1. The highest BCUT2D eigenvalue weighted by molar-refractivity contribution is 5.69. The van der Waals surface area contributed by atoms with Gasteiger partial charge >= 0.3 is 5.97 Å². The van der Waals surface area contributed by atoms with E-state index < -0.39 is 6.10 Å². The summed E-state index contributed by atoms with van der Waals surface area (Å²) in [4.78, 5) is 10.9. The topological polar surface area (TPSA) is 82.3 Å². The molecule has 1 aromatic rings. The Balaban J connectivity index is 2.40. The van der Waals surface area contributed by atoms with Gasteiger partial charge < -0.3 is 15.2 Å². The Labute approximate surface area is 106 Å². The average molecular weight is 248 g/mol. The molecular formula is C13H16N2O3. The number of anilines is 1. The highest BCUT2D eigenvalue weighted by Gasteiger charge is 2.09. The van der Waals surface area contributed by atoms with E-state index in [0.29, 0.717) is 17.7 Å². The summed E-state index contributed by atoms with van der Waals surface area (Å²) in [5, 5.41) is 21.5. The third kappa shape index (κ3) is 4.44. The number of aliphatic hydroxyl groups is 1. The third-order valence-electron chi connectivity index (χ3n) is 2.49. The molecule has 5 heteroatoms. The van der Waals surface area contributed by atoms with Crippen LogP contribution in [-0.2, 0) is 9.53 Å². The molecule has 0 aliphatic rings. The molecule has 96 valence electrons. The van der Waals surface area contributed by atoms with E-state index in [0.717, 1.165) is 0 Å². The van der Waals surface area contributed by atoms with Crippen molar-refractivity contribution in [3.8, 4) is 6.07 Å². The van der Waals surface area contributed by atoms with Gasteiger partial charge in [-0.25, -0.2) is 0 Å². The number of hydrogen-bond acceptors (Lipinski definition) is 5. The second-order valence-corrected chi connectivity index (χ2v) is 3.81. The fourth-order valence-electron chi connectivity index (χ4n) is 1.45. The molecule has 1 atom stereocenters. The first kappa shape index (κ1) is 14.0. The Morgan fingerprint density at radius 3 is 2.94 bits per heavy atom. The maximum Gasteiger partial charge on any atom is 0.305 e. The quantitative estimate of drug-likeness (QED) is 0.741. The van der Waals surface area contributed by atoms with Crippen LogP contribution in [0.15, 0.2) is 24.3 Å². The highest BCUT2D eigenvalue weighted by Crippen LogP contribution is 2.13. The van der Waals surface area contributed by atoms with E-state index in [2.05, 4.69) is 16.1 Å². The van der Waals surface area contributed by atoms with Gasteiger partial charge in [-0.15, -0.1) is 0 Å². The molecule has 5 nitrogen and oxygen atoms in total. The summed E-state index contributed by atoms with van der Waals surface area (Å²) in [6, 6.07) is 9.11. The number of methoxy groups -OCH3 is 1. The minimum atomic E-state index is -0.657. The van der Waals surface area contributed by atoms with E-state index >= 15 is 0 Å². The SMILES string of the molecule is COC(=O)CCC(O)CNc1ccccc1C#N. The van der Waals surface area contributed by atoms with E-state index in [1.165, 1.54) is 7.11 Å². The van der Waals surface area contributed by atoms with Gasteiger partial charge in [0.15, 0.2) is 0 Å². The van der Waals surface area contributed by atoms with Crippen LogP contribution >= 0.6 is 0 Å². The molecule has 1 rings (SSSR count). The molecule has 1 unspecified atom stereocenters. The van der Waals surface area contributed by atoms with Crippen LogP contribution in [0.2, 0.25) is 0 Å². The number of aliphatic hydroxyl groups excluding tert-OH is 1. The summed E-state index contributed by atoms with van der Waals surface area (Å²) < 4.78 is 4.49. The van der Waals surface area contributed by atoms with Gasteiger partial charge in [0.2, 0.25) is 0 Å². The molecule has 0 saturated heterocycles. The van der Waals surface area contributed by atoms with Gasteiger partial charge in [0.05, 0.1) is 24.5 Å². The zero-order valence-corrected chi connectivity index (χ0v) is 10.2. The number of nitrogens with zero attached hydrogens (tertiary/aromatic N) is 1. The molecule has 0 saturated carbocycles. The molecule has 2 N–H and O–H groups in total. The monoisotopic (exact) mass is 248 g/mol. The van der Waals surface area contributed by atoms with Crippen molar-refractivity contribution in [2.45, 2.75) is 18.9 Å². The van der Waals surface area contributed by atoms with Crippen LogP contribution in [0, 0.1) is 11.3 Å². The molecule has 0 amide bonds.